The van der Waals surface area contributed by atoms with E-state index in [4.69, 9.17) is 11.6 Å². The number of likely N-dealkylation sites (tertiary alicyclic amines) is 1. The first-order chi connectivity index (χ1) is 16.2. The molecule has 0 radical (unpaired) electrons. The van der Waals surface area contributed by atoms with E-state index in [0.29, 0.717) is 31.5 Å². The summed E-state index contributed by atoms with van der Waals surface area (Å²) < 4.78 is 39.2. The number of hydrogen-bond acceptors (Lipinski definition) is 2. The number of rotatable bonds is 4. The van der Waals surface area contributed by atoms with E-state index in [9.17, 15) is 22.8 Å². The number of halogens is 4. The van der Waals surface area contributed by atoms with Crippen LogP contribution in [-0.2, 0) is 11.0 Å². The van der Waals surface area contributed by atoms with Crippen molar-refractivity contribution >= 4 is 29.1 Å². The fraction of sp³-hybridized carbons (Fsp3) is 0.231. The second kappa shape index (κ2) is 9.89. The van der Waals surface area contributed by atoms with E-state index in [-0.39, 0.29) is 17.5 Å². The Balaban J connectivity index is 1.34. The van der Waals surface area contributed by atoms with Crippen molar-refractivity contribution in [3.8, 4) is 11.1 Å². The first kappa shape index (κ1) is 23.8. The Hall–Kier alpha value is -3.32. The Kier molecular flexibility index (Phi) is 6.93. The van der Waals surface area contributed by atoms with Gasteiger partial charge in [0.05, 0.1) is 10.6 Å². The zero-order valence-corrected chi connectivity index (χ0v) is 18.9. The zero-order chi connectivity index (χ0) is 24.3. The lowest BCUT2D eigenvalue weighted by Crippen LogP contribution is -2.41. The molecule has 0 unspecified atom stereocenters. The summed E-state index contributed by atoms with van der Waals surface area (Å²) in [4.78, 5) is 27.2. The summed E-state index contributed by atoms with van der Waals surface area (Å²) in [6.45, 7) is 0.789. The van der Waals surface area contributed by atoms with E-state index in [1.807, 2.05) is 42.5 Å². The molecule has 0 atom stereocenters. The highest BCUT2D eigenvalue weighted by Crippen LogP contribution is 2.36. The van der Waals surface area contributed by atoms with Crippen molar-refractivity contribution < 1.29 is 22.8 Å². The standard InChI is InChI=1S/C26H22ClF3N2O2/c27-23-11-10-21(16-22(23)26(28,29)30)31-24(33)19-12-14-32(15-13-19)25(34)20-8-6-18(7-9-20)17-4-2-1-3-5-17/h1-11,16,19H,12-15H2,(H,31,33). The van der Waals surface area contributed by atoms with Gasteiger partial charge in [-0.3, -0.25) is 9.59 Å². The number of nitrogens with zero attached hydrogens (tertiary/aromatic N) is 1. The Bertz CT molecular complexity index is 1170. The minimum absolute atomic E-state index is 0.0405. The molecule has 4 rings (SSSR count). The summed E-state index contributed by atoms with van der Waals surface area (Å²) in [5.41, 5.74) is 1.70. The highest BCUT2D eigenvalue weighted by atomic mass is 35.5. The lowest BCUT2D eigenvalue weighted by molar-refractivity contribution is -0.137. The van der Waals surface area contributed by atoms with Gasteiger partial charge in [-0.25, -0.2) is 0 Å². The Morgan fingerprint density at radius 3 is 2.12 bits per heavy atom. The van der Waals surface area contributed by atoms with Gasteiger partial charge >= 0.3 is 6.18 Å². The molecule has 3 aromatic rings. The van der Waals surface area contributed by atoms with Gasteiger partial charge in [0.25, 0.3) is 5.91 Å². The molecule has 1 saturated heterocycles. The fourth-order valence-electron chi connectivity index (χ4n) is 4.03. The van der Waals surface area contributed by atoms with Crippen molar-refractivity contribution in [3.05, 3.63) is 88.9 Å². The van der Waals surface area contributed by atoms with Gasteiger partial charge in [-0.2, -0.15) is 13.2 Å². The van der Waals surface area contributed by atoms with E-state index in [1.165, 1.54) is 6.07 Å². The molecule has 0 spiro atoms. The Morgan fingerprint density at radius 1 is 0.882 bits per heavy atom. The highest BCUT2D eigenvalue weighted by molar-refractivity contribution is 6.31. The summed E-state index contributed by atoms with van der Waals surface area (Å²) >= 11 is 5.63. The number of hydrogen-bond donors (Lipinski definition) is 1. The molecule has 176 valence electrons. The smallest absolute Gasteiger partial charge is 0.339 e. The number of benzene rings is 3. The minimum atomic E-state index is -4.61. The van der Waals surface area contributed by atoms with Crippen molar-refractivity contribution in [3.63, 3.8) is 0 Å². The minimum Gasteiger partial charge on any atom is -0.339 e. The molecule has 1 heterocycles. The topological polar surface area (TPSA) is 49.4 Å². The van der Waals surface area contributed by atoms with Crippen molar-refractivity contribution in [2.45, 2.75) is 19.0 Å². The van der Waals surface area contributed by atoms with Crippen LogP contribution in [0.3, 0.4) is 0 Å². The van der Waals surface area contributed by atoms with Crippen LogP contribution in [0.2, 0.25) is 5.02 Å². The van der Waals surface area contributed by atoms with Crippen molar-refractivity contribution in [2.24, 2.45) is 5.92 Å². The maximum atomic E-state index is 13.1. The molecule has 0 bridgehead atoms. The van der Waals surface area contributed by atoms with Crippen LogP contribution in [-0.4, -0.2) is 29.8 Å². The largest absolute Gasteiger partial charge is 0.417 e. The monoisotopic (exact) mass is 486 g/mol. The number of carbonyl (C=O) groups excluding carboxylic acids is 2. The van der Waals surface area contributed by atoms with Crippen LogP contribution in [0.5, 0.6) is 0 Å². The molecule has 1 N–H and O–H groups in total. The van der Waals surface area contributed by atoms with Gasteiger partial charge < -0.3 is 10.2 Å². The Morgan fingerprint density at radius 2 is 1.50 bits per heavy atom. The normalized spacial score (nSPS) is 14.6. The second-order valence-electron chi connectivity index (χ2n) is 8.19. The van der Waals surface area contributed by atoms with E-state index in [1.54, 1.807) is 17.0 Å². The molecule has 1 aliphatic heterocycles. The third kappa shape index (κ3) is 5.42. The highest BCUT2D eigenvalue weighted by Gasteiger charge is 2.34. The summed E-state index contributed by atoms with van der Waals surface area (Å²) in [5.74, 6) is -0.865. The van der Waals surface area contributed by atoms with Gasteiger partial charge in [0.2, 0.25) is 5.91 Å². The third-order valence-corrected chi connectivity index (χ3v) is 6.26. The zero-order valence-electron chi connectivity index (χ0n) is 18.1. The van der Waals surface area contributed by atoms with E-state index < -0.39 is 22.7 Å². The van der Waals surface area contributed by atoms with Crippen molar-refractivity contribution in [1.29, 1.82) is 0 Å². The quantitative estimate of drug-likeness (QED) is 0.456. The molecular formula is C26H22ClF3N2O2. The summed E-state index contributed by atoms with van der Waals surface area (Å²) in [5, 5.41) is 2.13. The number of carbonyl (C=O) groups is 2. The molecule has 3 aromatic carbocycles. The Labute approximate surface area is 200 Å². The number of nitrogens with one attached hydrogen (secondary N) is 1. The van der Waals surface area contributed by atoms with Gasteiger partial charge in [-0.1, -0.05) is 54.1 Å². The first-order valence-corrected chi connectivity index (χ1v) is 11.2. The van der Waals surface area contributed by atoms with Gasteiger partial charge in [-0.15, -0.1) is 0 Å². The van der Waals surface area contributed by atoms with Crippen LogP contribution < -0.4 is 5.32 Å². The maximum Gasteiger partial charge on any atom is 0.417 e. The van der Waals surface area contributed by atoms with Crippen LogP contribution in [0.4, 0.5) is 18.9 Å². The van der Waals surface area contributed by atoms with E-state index >= 15 is 0 Å². The van der Waals surface area contributed by atoms with Crippen LogP contribution in [0, 0.1) is 5.92 Å². The van der Waals surface area contributed by atoms with Gasteiger partial charge in [0.15, 0.2) is 0 Å². The summed E-state index contributed by atoms with van der Waals surface area (Å²) in [6.07, 6.45) is -3.75. The molecular weight excluding hydrogens is 465 g/mol. The third-order valence-electron chi connectivity index (χ3n) is 5.93. The number of alkyl halides is 3. The average Bonchev–Trinajstić information content (AvgIpc) is 2.85. The summed E-state index contributed by atoms with van der Waals surface area (Å²) in [7, 11) is 0. The van der Waals surface area contributed by atoms with Crippen LogP contribution >= 0.6 is 11.6 Å². The van der Waals surface area contributed by atoms with E-state index in [2.05, 4.69) is 5.32 Å². The fourth-order valence-corrected chi connectivity index (χ4v) is 4.25. The van der Waals surface area contributed by atoms with Crippen molar-refractivity contribution in [1.82, 2.24) is 4.90 Å². The van der Waals surface area contributed by atoms with Gasteiger partial charge in [0, 0.05) is 30.3 Å². The SMILES string of the molecule is O=C(Nc1ccc(Cl)c(C(F)(F)F)c1)C1CCN(C(=O)c2ccc(-c3ccccc3)cc2)CC1. The maximum absolute atomic E-state index is 13.1. The van der Waals surface area contributed by atoms with Crippen molar-refractivity contribution in [2.75, 3.05) is 18.4 Å². The first-order valence-electron chi connectivity index (χ1n) is 10.8. The summed E-state index contributed by atoms with van der Waals surface area (Å²) in [6, 6.07) is 20.5. The predicted molar refractivity (Wildman–Crippen MR) is 126 cm³/mol. The molecule has 34 heavy (non-hydrogen) atoms. The van der Waals surface area contributed by atoms with Crippen LogP contribution in [0.25, 0.3) is 11.1 Å². The molecule has 1 fully saturated rings. The van der Waals surface area contributed by atoms with E-state index in [0.717, 1.165) is 23.3 Å². The number of amides is 2. The lowest BCUT2D eigenvalue weighted by Gasteiger charge is -2.31. The molecule has 8 heteroatoms. The van der Waals surface area contributed by atoms with Crippen LogP contribution in [0.1, 0.15) is 28.8 Å². The molecule has 0 saturated carbocycles. The molecule has 0 aromatic heterocycles. The average molecular weight is 487 g/mol. The number of anilines is 1. The number of piperidine rings is 1. The van der Waals surface area contributed by atoms with Crippen LogP contribution in [0.15, 0.2) is 72.8 Å². The molecule has 2 amide bonds. The molecule has 0 aliphatic carbocycles. The van der Waals surface area contributed by atoms with Gasteiger partial charge in [-0.05, 0) is 54.3 Å². The predicted octanol–water partition coefficient (Wildman–Crippen LogP) is 6.52. The molecule has 4 nitrogen and oxygen atoms in total. The lowest BCUT2D eigenvalue weighted by atomic mass is 9.95. The van der Waals surface area contributed by atoms with Gasteiger partial charge in [0.1, 0.15) is 0 Å². The second-order valence-corrected chi connectivity index (χ2v) is 8.60. The molecule has 1 aliphatic rings.